The van der Waals surface area contributed by atoms with Gasteiger partial charge < -0.3 is 9.80 Å². The van der Waals surface area contributed by atoms with Gasteiger partial charge in [-0.2, -0.15) is 0 Å². The van der Waals surface area contributed by atoms with Crippen molar-refractivity contribution in [3.8, 4) is 90.2 Å². The Bertz CT molecular complexity index is 6970. The molecule has 20 aromatic rings. The number of nitrogens with zero attached hydrogens (tertiary/aromatic N) is 8. The van der Waals surface area contributed by atoms with Gasteiger partial charge in [-0.15, -0.1) is 0 Å². The Morgan fingerprint density at radius 1 is 0.243 bits per heavy atom. The Morgan fingerprint density at radius 3 is 1.28 bits per heavy atom. The van der Waals surface area contributed by atoms with Gasteiger partial charge >= 0.3 is 0 Å². The van der Waals surface area contributed by atoms with Crippen LogP contribution >= 0.6 is 0 Å². The fraction of sp³-hybridized carbons (Fsp3) is 0.0291. The number of hydrogen-bond donors (Lipinski definition) is 0. The summed E-state index contributed by atoms with van der Waals surface area (Å²) in [5.41, 5.74) is 28.7. The molecule has 522 valence electrons. The first kappa shape index (κ1) is 64.8. The second kappa shape index (κ2) is 26.4. The van der Waals surface area contributed by atoms with E-state index in [0.717, 1.165) is 150 Å². The van der Waals surface area contributed by atoms with E-state index < -0.39 is 0 Å². The number of benzene rings is 16. The highest BCUT2D eigenvalue weighted by atomic mass is 15.2. The van der Waals surface area contributed by atoms with Crippen molar-refractivity contribution in [2.24, 2.45) is 0 Å². The molecule has 0 N–H and O–H groups in total. The maximum atomic E-state index is 5.61. The summed E-state index contributed by atoms with van der Waals surface area (Å²) in [6.45, 7) is 4.76. The second-order valence-electron chi connectivity index (χ2n) is 29.4. The molecule has 4 heterocycles. The zero-order valence-corrected chi connectivity index (χ0v) is 61.0. The summed E-state index contributed by atoms with van der Waals surface area (Å²) in [7, 11) is 0. The van der Waals surface area contributed by atoms with E-state index in [4.69, 9.17) is 19.9 Å². The Kier molecular flexibility index (Phi) is 15.4. The molecule has 0 bridgehead atoms. The van der Waals surface area contributed by atoms with Crippen LogP contribution in [0.15, 0.2) is 388 Å². The van der Waals surface area contributed by atoms with E-state index in [9.17, 15) is 0 Å². The highest BCUT2D eigenvalue weighted by Crippen LogP contribution is 2.53. The fourth-order valence-corrected chi connectivity index (χ4v) is 17.1. The number of rotatable bonds is 14. The van der Waals surface area contributed by atoms with E-state index >= 15 is 0 Å². The monoisotopic (exact) mass is 1420 g/mol. The minimum atomic E-state index is -0.325. The zero-order chi connectivity index (χ0) is 73.7. The van der Waals surface area contributed by atoms with Crippen molar-refractivity contribution in [3.05, 3.63) is 399 Å². The molecule has 0 aliphatic heterocycles. The first-order valence-electron chi connectivity index (χ1n) is 37.9. The smallest absolute Gasteiger partial charge is 0.235 e. The van der Waals surface area contributed by atoms with Gasteiger partial charge in [0.15, 0.2) is 0 Å². The Balaban J connectivity index is 0.606. The van der Waals surface area contributed by atoms with E-state index in [2.05, 4.69) is 409 Å². The van der Waals surface area contributed by atoms with Crippen LogP contribution in [0, 0.1) is 0 Å². The van der Waals surface area contributed by atoms with Crippen LogP contribution in [-0.2, 0) is 5.41 Å². The van der Waals surface area contributed by atoms with Crippen LogP contribution in [0.1, 0.15) is 25.0 Å². The summed E-state index contributed by atoms with van der Waals surface area (Å²) >= 11 is 0. The van der Waals surface area contributed by atoms with Gasteiger partial charge in [-0.05, 0) is 188 Å². The number of fused-ring (bicyclic) bond motifs is 11. The topological polar surface area (TPSA) is 67.9 Å². The molecule has 8 heteroatoms. The van der Waals surface area contributed by atoms with Crippen molar-refractivity contribution < 1.29 is 0 Å². The predicted molar refractivity (Wildman–Crippen MR) is 461 cm³/mol. The summed E-state index contributed by atoms with van der Waals surface area (Å²) in [6, 6.07) is 140. The van der Waals surface area contributed by atoms with Gasteiger partial charge in [0, 0.05) is 82.9 Å². The lowest BCUT2D eigenvalue weighted by molar-refractivity contribution is 0.660. The average molecular weight is 1420 g/mol. The molecule has 8 nitrogen and oxygen atoms in total. The van der Waals surface area contributed by atoms with Crippen LogP contribution in [0.5, 0.6) is 0 Å². The first-order valence-corrected chi connectivity index (χ1v) is 37.9. The molecular weight excluding hydrogens is 1350 g/mol. The molecule has 111 heavy (non-hydrogen) atoms. The van der Waals surface area contributed by atoms with E-state index in [1.54, 1.807) is 0 Å². The van der Waals surface area contributed by atoms with Crippen LogP contribution in [0.25, 0.3) is 155 Å². The van der Waals surface area contributed by atoms with Gasteiger partial charge in [0.1, 0.15) is 0 Å². The number of aromatic nitrogens is 6. The molecule has 16 aromatic carbocycles. The summed E-state index contributed by atoms with van der Waals surface area (Å²) in [6.07, 6.45) is 0. The molecule has 0 saturated carbocycles. The fourth-order valence-electron chi connectivity index (χ4n) is 17.1. The minimum absolute atomic E-state index is 0.325. The van der Waals surface area contributed by atoms with E-state index in [0.29, 0.717) is 11.9 Å². The number of anilines is 6. The minimum Gasteiger partial charge on any atom is -0.310 e. The lowest BCUT2D eigenvalue weighted by Gasteiger charge is -2.28. The maximum absolute atomic E-state index is 5.61. The molecule has 0 atom stereocenters. The Morgan fingerprint density at radius 2 is 0.649 bits per heavy atom. The third-order valence-electron chi connectivity index (χ3n) is 22.5. The van der Waals surface area contributed by atoms with Crippen LogP contribution in [0.2, 0.25) is 0 Å². The Hall–Kier alpha value is -14.6. The van der Waals surface area contributed by atoms with Crippen LogP contribution in [-0.4, -0.2) is 29.1 Å². The highest BCUT2D eigenvalue weighted by Gasteiger charge is 2.37. The lowest BCUT2D eigenvalue weighted by Crippen LogP contribution is -2.16. The third-order valence-corrected chi connectivity index (χ3v) is 22.5. The molecule has 21 rings (SSSR count). The van der Waals surface area contributed by atoms with Gasteiger partial charge in [0.2, 0.25) is 11.9 Å². The van der Waals surface area contributed by atoms with E-state index in [1.807, 2.05) is 12.1 Å². The predicted octanol–water partition coefficient (Wildman–Crippen LogP) is 27.0. The Labute approximate surface area is 643 Å². The maximum Gasteiger partial charge on any atom is 0.235 e. The number of para-hydroxylation sites is 4. The highest BCUT2D eigenvalue weighted by molar-refractivity contribution is 6.12. The van der Waals surface area contributed by atoms with Gasteiger partial charge in [-0.25, -0.2) is 19.9 Å². The molecule has 0 radical (unpaired) electrons. The molecule has 4 aromatic heterocycles. The molecule has 0 amide bonds. The van der Waals surface area contributed by atoms with Gasteiger partial charge in [0.25, 0.3) is 0 Å². The van der Waals surface area contributed by atoms with Crippen molar-refractivity contribution in [2.45, 2.75) is 19.3 Å². The average Bonchev–Trinajstić information content (AvgIpc) is 1.63. The summed E-state index contributed by atoms with van der Waals surface area (Å²) < 4.78 is 4.47. The molecular formula is C103H70N8. The third kappa shape index (κ3) is 11.1. The summed E-state index contributed by atoms with van der Waals surface area (Å²) in [5.74, 6) is 1.25. The summed E-state index contributed by atoms with van der Waals surface area (Å²) in [5, 5.41) is 7.92. The van der Waals surface area contributed by atoms with E-state index in [1.165, 1.54) is 38.6 Å². The van der Waals surface area contributed by atoms with Gasteiger partial charge in [-0.1, -0.05) is 275 Å². The second-order valence-corrected chi connectivity index (χ2v) is 29.4. The zero-order valence-electron chi connectivity index (χ0n) is 61.0. The lowest BCUT2D eigenvalue weighted by atomic mass is 9.81. The molecule has 0 fully saturated rings. The van der Waals surface area contributed by atoms with Crippen molar-refractivity contribution in [2.75, 3.05) is 9.80 Å². The molecule has 1 aliphatic rings. The van der Waals surface area contributed by atoms with Crippen molar-refractivity contribution in [1.29, 1.82) is 0 Å². The SMILES string of the molecule is CC1(C)c2cc(-c3ccc4c(c3)c3ccccc3n4-c3nc(-c4ccccc4)cc(-c4ccccc4)n3)ccc2-c2ccc(N(c3ccccc3)c3cccc(-c4ccc5nc(-n6c7ccccc7c7cc(-c8ccc(N(c9ccccc9)c9cccc%10ccccc9%10)cc8)ccc76)nc(-c6ccccc6)c5c4)c3)cc21. The first-order chi connectivity index (χ1) is 54.8. The van der Waals surface area contributed by atoms with E-state index in [-0.39, 0.29) is 5.41 Å². The van der Waals surface area contributed by atoms with Crippen molar-refractivity contribution >= 4 is 99.4 Å². The molecule has 0 saturated heterocycles. The quantitative estimate of drug-likeness (QED) is 0.108. The molecule has 0 spiro atoms. The van der Waals surface area contributed by atoms with Crippen LogP contribution in [0.4, 0.5) is 34.1 Å². The van der Waals surface area contributed by atoms with Crippen molar-refractivity contribution in [1.82, 2.24) is 29.1 Å². The number of hydrogen-bond acceptors (Lipinski definition) is 6. The van der Waals surface area contributed by atoms with Crippen LogP contribution in [0.3, 0.4) is 0 Å². The standard InChI is InChI=1S/C103H70N8/c1-103(2)90-64-76(75-51-59-98-88(62-75)86-42-20-22-43-96(86)110(98)101-105-93(69-27-8-3-9-28-69)66-94(106-101)70-29-10-4-11-30-70)48-55-83(90)84-56-54-81(65-91(84)103)108(77-35-14-6-15-36-77)80-39-24-34-72(60-80)74-49-57-92-89(63-74)100(71-31-12-5-13-32-71)107-102(104-92)111-97-44-23-21-41-85(97)87-61-73(50-58-99(87)111)67-46-52-79(53-47-67)109(78-37-16-7-17-38-78)95-45-25-33-68-26-18-19-40-82(68)95/h3-66H,1-2H3. The molecule has 0 unspecified atom stereocenters. The van der Waals surface area contributed by atoms with Crippen molar-refractivity contribution in [3.63, 3.8) is 0 Å². The normalized spacial score (nSPS) is 12.3. The molecule has 1 aliphatic carbocycles. The van der Waals surface area contributed by atoms with Gasteiger partial charge in [-0.3, -0.25) is 9.13 Å². The largest absolute Gasteiger partial charge is 0.310 e. The van der Waals surface area contributed by atoms with Gasteiger partial charge in [0.05, 0.1) is 50.4 Å². The summed E-state index contributed by atoms with van der Waals surface area (Å²) in [4.78, 5) is 26.5. The van der Waals surface area contributed by atoms with Crippen LogP contribution < -0.4 is 9.80 Å².